The quantitative estimate of drug-likeness (QED) is 0.762. The van der Waals surface area contributed by atoms with E-state index >= 15 is 0 Å². The largest absolute Gasteiger partial charge is 0.493 e. The first-order valence-electron chi connectivity index (χ1n) is 6.57. The lowest BCUT2D eigenvalue weighted by Crippen LogP contribution is -2.21. The molecule has 102 valence electrons. The first kappa shape index (κ1) is 13.6. The van der Waals surface area contributed by atoms with E-state index in [0.717, 1.165) is 23.3 Å². The summed E-state index contributed by atoms with van der Waals surface area (Å²) in [5.74, 6) is 1.10. The van der Waals surface area contributed by atoms with Crippen LogP contribution in [0.3, 0.4) is 0 Å². The molecule has 19 heavy (non-hydrogen) atoms. The Morgan fingerprint density at radius 2 is 2.11 bits per heavy atom. The van der Waals surface area contributed by atoms with E-state index in [-0.39, 0.29) is 11.7 Å². The molecule has 0 saturated carbocycles. The molecule has 0 atom stereocenters. The fourth-order valence-corrected chi connectivity index (χ4v) is 2.22. The van der Waals surface area contributed by atoms with Gasteiger partial charge in [-0.15, -0.1) is 0 Å². The van der Waals surface area contributed by atoms with Crippen LogP contribution in [0.4, 0.5) is 0 Å². The molecule has 1 aliphatic rings. The molecule has 0 N–H and O–H groups in total. The summed E-state index contributed by atoms with van der Waals surface area (Å²) in [6, 6.07) is 5.60. The van der Waals surface area contributed by atoms with Crippen molar-refractivity contribution < 1.29 is 14.3 Å². The zero-order valence-electron chi connectivity index (χ0n) is 11.4. The summed E-state index contributed by atoms with van der Waals surface area (Å²) in [7, 11) is 3.50. The van der Waals surface area contributed by atoms with Gasteiger partial charge < -0.3 is 9.64 Å². The number of Topliss-reactive ketones (excluding diaryl/α,β-unsaturated/α-hetero) is 1. The predicted molar refractivity (Wildman–Crippen MR) is 72.5 cm³/mol. The third kappa shape index (κ3) is 3.13. The molecule has 1 amide bonds. The van der Waals surface area contributed by atoms with Crippen molar-refractivity contribution in [1.82, 2.24) is 4.90 Å². The van der Waals surface area contributed by atoms with E-state index in [1.165, 1.54) is 0 Å². The highest BCUT2D eigenvalue weighted by atomic mass is 16.5. The standard InChI is InChI=1S/C15H19NO3/c1-16(2)15(18)7-4-10-19-14-6-3-5-11-12(14)8-9-13(11)17/h3,5-6H,4,7-10H2,1-2H3. The number of carbonyl (C=O) groups is 2. The van der Waals surface area contributed by atoms with Crippen LogP contribution in [0, 0.1) is 0 Å². The van der Waals surface area contributed by atoms with E-state index < -0.39 is 0 Å². The van der Waals surface area contributed by atoms with Gasteiger partial charge in [-0.25, -0.2) is 0 Å². The van der Waals surface area contributed by atoms with Crippen molar-refractivity contribution in [3.8, 4) is 5.75 Å². The molecule has 0 spiro atoms. The number of hydrogen-bond acceptors (Lipinski definition) is 3. The van der Waals surface area contributed by atoms with Gasteiger partial charge in [-0.2, -0.15) is 0 Å². The average molecular weight is 261 g/mol. The highest BCUT2D eigenvalue weighted by Gasteiger charge is 2.22. The second-order valence-corrected chi connectivity index (χ2v) is 4.95. The van der Waals surface area contributed by atoms with Crippen LogP contribution in [0.25, 0.3) is 0 Å². The molecule has 1 aromatic rings. The molecule has 4 nitrogen and oxygen atoms in total. The first-order chi connectivity index (χ1) is 9.09. The van der Waals surface area contributed by atoms with Crippen LogP contribution >= 0.6 is 0 Å². The van der Waals surface area contributed by atoms with Crippen molar-refractivity contribution in [3.05, 3.63) is 29.3 Å². The van der Waals surface area contributed by atoms with Crippen LogP contribution in [-0.2, 0) is 11.2 Å². The highest BCUT2D eigenvalue weighted by molar-refractivity contribution is 6.01. The van der Waals surface area contributed by atoms with Crippen LogP contribution in [0.15, 0.2) is 18.2 Å². The molecular formula is C15H19NO3. The van der Waals surface area contributed by atoms with Crippen LogP contribution in [0.1, 0.15) is 35.2 Å². The lowest BCUT2D eigenvalue weighted by Gasteiger charge is -2.12. The van der Waals surface area contributed by atoms with Crippen molar-refractivity contribution >= 4 is 11.7 Å². The molecule has 0 saturated heterocycles. The smallest absolute Gasteiger partial charge is 0.222 e. The van der Waals surface area contributed by atoms with Crippen molar-refractivity contribution in [2.24, 2.45) is 0 Å². The summed E-state index contributed by atoms with van der Waals surface area (Å²) >= 11 is 0. The molecule has 1 aliphatic carbocycles. The van der Waals surface area contributed by atoms with Gasteiger partial charge >= 0.3 is 0 Å². The number of benzene rings is 1. The van der Waals surface area contributed by atoms with Crippen molar-refractivity contribution in [3.63, 3.8) is 0 Å². The van der Waals surface area contributed by atoms with Gasteiger partial charge in [-0.1, -0.05) is 12.1 Å². The third-order valence-electron chi connectivity index (χ3n) is 3.33. The number of ether oxygens (including phenoxy) is 1. The van der Waals surface area contributed by atoms with Gasteiger partial charge in [-0.3, -0.25) is 9.59 Å². The number of nitrogens with zero attached hydrogens (tertiary/aromatic N) is 1. The van der Waals surface area contributed by atoms with Gasteiger partial charge in [0.1, 0.15) is 5.75 Å². The Kier molecular flexibility index (Phi) is 4.20. The molecule has 0 aliphatic heterocycles. The third-order valence-corrected chi connectivity index (χ3v) is 3.33. The van der Waals surface area contributed by atoms with E-state index in [0.29, 0.717) is 25.9 Å². The van der Waals surface area contributed by atoms with Gasteiger partial charge in [0.05, 0.1) is 6.61 Å². The Balaban J connectivity index is 1.88. The summed E-state index contributed by atoms with van der Waals surface area (Å²) in [4.78, 5) is 24.6. The molecule has 0 fully saturated rings. The van der Waals surface area contributed by atoms with Crippen molar-refractivity contribution in [2.75, 3.05) is 20.7 Å². The van der Waals surface area contributed by atoms with Gasteiger partial charge in [0.15, 0.2) is 5.78 Å². The topological polar surface area (TPSA) is 46.6 Å². The fourth-order valence-electron chi connectivity index (χ4n) is 2.22. The monoisotopic (exact) mass is 261 g/mol. The minimum Gasteiger partial charge on any atom is -0.493 e. The summed E-state index contributed by atoms with van der Waals surface area (Å²) in [5, 5.41) is 0. The van der Waals surface area contributed by atoms with E-state index in [1.807, 2.05) is 18.2 Å². The SMILES string of the molecule is CN(C)C(=O)CCCOc1cccc2c1CCC2=O. The van der Waals surface area contributed by atoms with Crippen LogP contribution in [0.5, 0.6) is 5.75 Å². The summed E-state index contributed by atoms with van der Waals surface area (Å²) in [6.07, 6.45) is 2.52. The number of fused-ring (bicyclic) bond motifs is 1. The second kappa shape index (κ2) is 5.87. The summed E-state index contributed by atoms with van der Waals surface area (Å²) in [6.45, 7) is 0.504. The fraction of sp³-hybridized carbons (Fsp3) is 0.467. The number of carbonyl (C=O) groups excluding carboxylic acids is 2. The van der Waals surface area contributed by atoms with Gasteiger partial charge in [0, 0.05) is 38.1 Å². The molecular weight excluding hydrogens is 242 g/mol. The van der Waals surface area contributed by atoms with Crippen LogP contribution in [-0.4, -0.2) is 37.3 Å². The maximum absolute atomic E-state index is 11.6. The number of rotatable bonds is 5. The molecule has 0 heterocycles. The van der Waals surface area contributed by atoms with E-state index in [2.05, 4.69) is 0 Å². The normalized spacial score (nSPS) is 13.3. The van der Waals surface area contributed by atoms with E-state index in [9.17, 15) is 9.59 Å². The lowest BCUT2D eigenvalue weighted by molar-refractivity contribution is -0.128. The molecule has 2 rings (SSSR count). The maximum atomic E-state index is 11.6. The Bertz CT molecular complexity index is 494. The summed E-state index contributed by atoms with van der Waals surface area (Å²) < 4.78 is 5.70. The maximum Gasteiger partial charge on any atom is 0.222 e. The Hall–Kier alpha value is -1.84. The minimum atomic E-state index is 0.108. The first-order valence-corrected chi connectivity index (χ1v) is 6.57. The van der Waals surface area contributed by atoms with Crippen LogP contribution < -0.4 is 4.74 Å². The van der Waals surface area contributed by atoms with Crippen molar-refractivity contribution in [1.29, 1.82) is 0 Å². The zero-order chi connectivity index (χ0) is 13.8. The molecule has 0 unspecified atom stereocenters. The van der Waals surface area contributed by atoms with E-state index in [4.69, 9.17) is 4.74 Å². The van der Waals surface area contributed by atoms with E-state index in [1.54, 1.807) is 19.0 Å². The molecule has 4 heteroatoms. The second-order valence-electron chi connectivity index (χ2n) is 4.95. The van der Waals surface area contributed by atoms with Gasteiger partial charge in [0.25, 0.3) is 0 Å². The zero-order valence-corrected chi connectivity index (χ0v) is 11.4. The average Bonchev–Trinajstić information content (AvgIpc) is 2.77. The van der Waals surface area contributed by atoms with Crippen molar-refractivity contribution in [2.45, 2.75) is 25.7 Å². The molecule has 0 bridgehead atoms. The molecule has 0 radical (unpaired) electrons. The summed E-state index contributed by atoms with van der Waals surface area (Å²) in [5.41, 5.74) is 1.81. The van der Waals surface area contributed by atoms with Gasteiger partial charge in [-0.05, 0) is 18.9 Å². The number of hydrogen-bond donors (Lipinski definition) is 0. The number of ketones is 1. The lowest BCUT2D eigenvalue weighted by atomic mass is 10.1. The Morgan fingerprint density at radius 3 is 2.84 bits per heavy atom. The van der Waals surface area contributed by atoms with Gasteiger partial charge in [0.2, 0.25) is 5.91 Å². The minimum absolute atomic E-state index is 0.108. The molecule has 1 aromatic carbocycles. The van der Waals surface area contributed by atoms with Crippen LogP contribution in [0.2, 0.25) is 0 Å². The number of amides is 1. The Labute approximate surface area is 113 Å². The highest BCUT2D eigenvalue weighted by Crippen LogP contribution is 2.30. The molecule has 0 aromatic heterocycles. The predicted octanol–water partition coefficient (Wildman–Crippen LogP) is 2.06. The Morgan fingerprint density at radius 1 is 1.32 bits per heavy atom.